The van der Waals surface area contributed by atoms with Gasteiger partial charge in [0, 0.05) is 18.8 Å². The summed E-state index contributed by atoms with van der Waals surface area (Å²) in [4.78, 5) is 12.5. The molecule has 6 heteroatoms. The van der Waals surface area contributed by atoms with Crippen molar-refractivity contribution in [2.45, 2.75) is 33.7 Å². The summed E-state index contributed by atoms with van der Waals surface area (Å²) in [5.74, 6) is 1.07. The van der Waals surface area contributed by atoms with Gasteiger partial charge in [-0.25, -0.2) is 0 Å². The van der Waals surface area contributed by atoms with E-state index in [0.29, 0.717) is 24.6 Å². The van der Waals surface area contributed by atoms with Gasteiger partial charge in [0.1, 0.15) is 12.4 Å². The molecule has 6 nitrogen and oxygen atoms in total. The van der Waals surface area contributed by atoms with Crippen LogP contribution in [-0.2, 0) is 13.0 Å². The van der Waals surface area contributed by atoms with Crippen molar-refractivity contribution in [2.75, 3.05) is 18.5 Å². The smallest absolute Gasteiger partial charge is 0.259 e. The molecule has 1 aromatic heterocycles. The quantitative estimate of drug-likeness (QED) is 0.779. The van der Waals surface area contributed by atoms with E-state index in [1.54, 1.807) is 6.20 Å². The number of benzene rings is 1. The zero-order chi connectivity index (χ0) is 17.5. The highest BCUT2D eigenvalue weighted by Gasteiger charge is 2.16. The Morgan fingerprint density at radius 3 is 2.62 bits per heavy atom. The maximum atomic E-state index is 12.5. The Balaban J connectivity index is 2.08. The average Bonchev–Trinajstić information content (AvgIpc) is 2.96. The lowest BCUT2D eigenvalue weighted by Gasteiger charge is -2.11. The van der Waals surface area contributed by atoms with Crippen LogP contribution in [0.4, 0.5) is 5.69 Å². The molecule has 2 rings (SSSR count). The number of aromatic nitrogens is 2. The van der Waals surface area contributed by atoms with E-state index in [2.05, 4.69) is 24.3 Å². The third-order valence-corrected chi connectivity index (χ3v) is 3.57. The van der Waals surface area contributed by atoms with E-state index in [1.165, 1.54) is 0 Å². The molecule has 0 radical (unpaired) electrons. The number of anilines is 1. The first kappa shape index (κ1) is 18.0. The zero-order valence-corrected chi connectivity index (χ0v) is 14.6. The van der Waals surface area contributed by atoms with Gasteiger partial charge in [0.15, 0.2) is 0 Å². The number of rotatable bonds is 8. The van der Waals surface area contributed by atoms with Crippen LogP contribution in [0.5, 0.6) is 5.75 Å². The number of carbonyl (C=O) groups is 1. The molecular formula is C18H26N4O2. The van der Waals surface area contributed by atoms with Gasteiger partial charge >= 0.3 is 0 Å². The first-order valence-electron chi connectivity index (χ1n) is 8.34. The minimum Gasteiger partial charge on any atom is -0.492 e. The summed E-state index contributed by atoms with van der Waals surface area (Å²) in [5.41, 5.74) is 7.72. The normalized spacial score (nSPS) is 10.9. The molecule has 1 heterocycles. The van der Waals surface area contributed by atoms with Crippen LogP contribution in [0.1, 0.15) is 36.8 Å². The number of ether oxygens (including phenoxy) is 1. The fraction of sp³-hybridized carbons (Fsp3) is 0.444. The van der Waals surface area contributed by atoms with Gasteiger partial charge in [0.25, 0.3) is 5.91 Å². The lowest BCUT2D eigenvalue weighted by Crippen LogP contribution is -2.15. The van der Waals surface area contributed by atoms with Gasteiger partial charge in [-0.1, -0.05) is 20.8 Å². The van der Waals surface area contributed by atoms with Crippen molar-refractivity contribution in [1.29, 1.82) is 0 Å². The van der Waals surface area contributed by atoms with Crippen LogP contribution in [-0.4, -0.2) is 28.8 Å². The van der Waals surface area contributed by atoms with E-state index in [1.807, 2.05) is 35.9 Å². The van der Waals surface area contributed by atoms with Gasteiger partial charge < -0.3 is 15.8 Å². The molecule has 0 fully saturated rings. The lowest BCUT2D eigenvalue weighted by molar-refractivity contribution is 0.102. The summed E-state index contributed by atoms with van der Waals surface area (Å²) < 4.78 is 7.35. The summed E-state index contributed by atoms with van der Waals surface area (Å²) in [6, 6.07) is 7.25. The molecule has 0 aliphatic rings. The fourth-order valence-electron chi connectivity index (χ4n) is 2.49. The van der Waals surface area contributed by atoms with Crippen molar-refractivity contribution in [3.05, 3.63) is 41.7 Å². The predicted molar refractivity (Wildman–Crippen MR) is 95.4 cm³/mol. The van der Waals surface area contributed by atoms with Gasteiger partial charge in [-0.05, 0) is 36.6 Å². The molecule has 0 bridgehead atoms. The van der Waals surface area contributed by atoms with Crippen molar-refractivity contribution in [3.63, 3.8) is 0 Å². The topological polar surface area (TPSA) is 82.2 Å². The molecule has 0 aliphatic heterocycles. The summed E-state index contributed by atoms with van der Waals surface area (Å²) in [6.07, 6.45) is 2.41. The number of nitrogens with two attached hydrogens (primary N) is 1. The third kappa shape index (κ3) is 4.58. The summed E-state index contributed by atoms with van der Waals surface area (Å²) in [7, 11) is 0. The summed E-state index contributed by atoms with van der Waals surface area (Å²) in [5, 5.41) is 7.27. The second-order valence-corrected chi connectivity index (χ2v) is 6.05. The molecule has 24 heavy (non-hydrogen) atoms. The first-order chi connectivity index (χ1) is 11.5. The number of amides is 1. The van der Waals surface area contributed by atoms with E-state index in [-0.39, 0.29) is 5.91 Å². The predicted octanol–water partition coefficient (Wildman–Crippen LogP) is 2.69. The van der Waals surface area contributed by atoms with Crippen LogP contribution in [0.25, 0.3) is 0 Å². The second kappa shape index (κ2) is 8.49. The highest BCUT2D eigenvalue weighted by molar-refractivity contribution is 6.04. The molecule has 0 saturated heterocycles. The maximum Gasteiger partial charge on any atom is 0.259 e. The van der Waals surface area contributed by atoms with Gasteiger partial charge in [0.2, 0.25) is 0 Å². The van der Waals surface area contributed by atoms with Crippen molar-refractivity contribution in [2.24, 2.45) is 11.7 Å². The lowest BCUT2D eigenvalue weighted by atomic mass is 10.1. The number of carbonyl (C=O) groups excluding carboxylic acids is 1. The number of hydrogen-bond donors (Lipinski definition) is 2. The maximum absolute atomic E-state index is 12.5. The number of nitrogens with zero attached hydrogens (tertiary/aromatic N) is 2. The highest BCUT2D eigenvalue weighted by atomic mass is 16.5. The van der Waals surface area contributed by atoms with Crippen molar-refractivity contribution in [3.8, 4) is 5.75 Å². The van der Waals surface area contributed by atoms with Crippen LogP contribution in [0.2, 0.25) is 0 Å². The fourth-order valence-corrected chi connectivity index (χ4v) is 2.49. The Hall–Kier alpha value is -2.34. The highest BCUT2D eigenvalue weighted by Crippen LogP contribution is 2.18. The Kier molecular flexibility index (Phi) is 6.37. The van der Waals surface area contributed by atoms with Crippen LogP contribution in [0.15, 0.2) is 30.5 Å². The Labute approximate surface area is 143 Å². The Morgan fingerprint density at radius 1 is 1.33 bits per heavy atom. The van der Waals surface area contributed by atoms with Crippen molar-refractivity contribution in [1.82, 2.24) is 9.78 Å². The van der Waals surface area contributed by atoms with Crippen molar-refractivity contribution < 1.29 is 9.53 Å². The molecule has 0 saturated carbocycles. The molecule has 0 aliphatic carbocycles. The molecule has 3 N–H and O–H groups in total. The SMILES string of the molecule is CCc1c(C(=O)Nc2ccc(OCCN)cc2)cnn1CC(C)C. The molecule has 2 aromatic rings. The summed E-state index contributed by atoms with van der Waals surface area (Å²) in [6.45, 7) is 8.06. The van der Waals surface area contributed by atoms with Gasteiger partial charge in [-0.3, -0.25) is 9.48 Å². The van der Waals surface area contributed by atoms with E-state index < -0.39 is 0 Å². The number of nitrogens with one attached hydrogen (secondary N) is 1. The molecule has 1 aromatic carbocycles. The second-order valence-electron chi connectivity index (χ2n) is 6.05. The van der Waals surface area contributed by atoms with E-state index in [9.17, 15) is 4.79 Å². The number of hydrogen-bond acceptors (Lipinski definition) is 4. The third-order valence-electron chi connectivity index (χ3n) is 3.57. The van der Waals surface area contributed by atoms with E-state index in [0.717, 1.165) is 30.1 Å². The van der Waals surface area contributed by atoms with Crippen LogP contribution in [0.3, 0.4) is 0 Å². The van der Waals surface area contributed by atoms with Crippen LogP contribution < -0.4 is 15.8 Å². The molecule has 0 spiro atoms. The molecule has 0 atom stereocenters. The monoisotopic (exact) mass is 330 g/mol. The van der Waals surface area contributed by atoms with E-state index >= 15 is 0 Å². The molecule has 130 valence electrons. The largest absolute Gasteiger partial charge is 0.492 e. The first-order valence-corrected chi connectivity index (χ1v) is 8.34. The molecule has 0 unspecified atom stereocenters. The van der Waals surface area contributed by atoms with Gasteiger partial charge in [-0.2, -0.15) is 5.10 Å². The average molecular weight is 330 g/mol. The Bertz CT molecular complexity index is 662. The van der Waals surface area contributed by atoms with Gasteiger partial charge in [0.05, 0.1) is 17.5 Å². The van der Waals surface area contributed by atoms with Crippen molar-refractivity contribution >= 4 is 11.6 Å². The minimum absolute atomic E-state index is 0.141. The zero-order valence-electron chi connectivity index (χ0n) is 14.6. The minimum atomic E-state index is -0.141. The molecular weight excluding hydrogens is 304 g/mol. The van der Waals surface area contributed by atoms with Crippen LogP contribution in [0, 0.1) is 5.92 Å². The molecule has 1 amide bonds. The standard InChI is InChI=1S/C18H26N4O2/c1-4-17-16(11-20-22(17)12-13(2)3)18(23)21-14-5-7-15(8-6-14)24-10-9-19/h5-8,11,13H,4,9-10,12,19H2,1-3H3,(H,21,23). The Morgan fingerprint density at radius 2 is 2.04 bits per heavy atom. The van der Waals surface area contributed by atoms with E-state index in [4.69, 9.17) is 10.5 Å². The van der Waals surface area contributed by atoms with Gasteiger partial charge in [-0.15, -0.1) is 0 Å². The van der Waals surface area contributed by atoms with Crippen LogP contribution >= 0.6 is 0 Å². The summed E-state index contributed by atoms with van der Waals surface area (Å²) >= 11 is 0.